The Morgan fingerprint density at radius 2 is 2.05 bits per heavy atom. The van der Waals surface area contributed by atoms with E-state index in [9.17, 15) is 13.2 Å². The smallest absolute Gasteiger partial charge is 0.315 e. The molecule has 0 bridgehead atoms. The summed E-state index contributed by atoms with van der Waals surface area (Å²) in [6.07, 6.45) is 0.466. The van der Waals surface area contributed by atoms with Gasteiger partial charge in [-0.3, -0.25) is 0 Å². The van der Waals surface area contributed by atoms with Crippen molar-refractivity contribution in [2.24, 2.45) is 0 Å². The van der Waals surface area contributed by atoms with E-state index in [1.807, 2.05) is 12.1 Å². The highest BCUT2D eigenvalue weighted by atomic mass is 32.2. The molecule has 1 aliphatic heterocycles. The number of benzene rings is 1. The number of carbonyl (C=O) groups excluding carboxylic acids is 1. The van der Waals surface area contributed by atoms with Crippen LogP contribution < -0.4 is 20.1 Å². The number of hydrogen-bond donors (Lipinski definition) is 2. The molecule has 1 heterocycles. The number of methoxy groups -OCH3 is 1. The van der Waals surface area contributed by atoms with Gasteiger partial charge in [-0.25, -0.2) is 13.2 Å². The van der Waals surface area contributed by atoms with E-state index in [1.165, 1.54) is 0 Å². The third-order valence-electron chi connectivity index (χ3n) is 3.28. The van der Waals surface area contributed by atoms with Gasteiger partial charge in [0.05, 0.1) is 25.2 Å². The molecule has 0 spiro atoms. The standard InChI is InChI=1S/C14H20N2O5S/c1-20-12-4-2-3-5-13(12)21-8-7-15-14(17)16-11-6-9-22(18,19)10-11/h2-5,11H,6-10H2,1H3,(H2,15,16,17). The van der Waals surface area contributed by atoms with Crippen LogP contribution in [0.25, 0.3) is 0 Å². The van der Waals surface area contributed by atoms with Gasteiger partial charge in [-0.1, -0.05) is 12.1 Å². The second kappa shape index (κ2) is 7.35. The highest BCUT2D eigenvalue weighted by molar-refractivity contribution is 7.91. The molecule has 1 fully saturated rings. The van der Waals surface area contributed by atoms with Crippen molar-refractivity contribution in [1.29, 1.82) is 0 Å². The van der Waals surface area contributed by atoms with Crippen molar-refractivity contribution in [2.75, 3.05) is 31.8 Å². The van der Waals surface area contributed by atoms with Gasteiger partial charge < -0.3 is 20.1 Å². The van der Waals surface area contributed by atoms with Crippen LogP contribution in [0.5, 0.6) is 11.5 Å². The Hall–Kier alpha value is -1.96. The van der Waals surface area contributed by atoms with E-state index in [4.69, 9.17) is 9.47 Å². The van der Waals surface area contributed by atoms with Crippen molar-refractivity contribution in [1.82, 2.24) is 10.6 Å². The molecule has 0 radical (unpaired) electrons. The Bertz CT molecular complexity index is 617. The van der Waals surface area contributed by atoms with Crippen molar-refractivity contribution in [3.63, 3.8) is 0 Å². The van der Waals surface area contributed by atoms with Crippen molar-refractivity contribution in [3.05, 3.63) is 24.3 Å². The van der Waals surface area contributed by atoms with Gasteiger partial charge in [-0.05, 0) is 18.6 Å². The Labute approximate surface area is 129 Å². The van der Waals surface area contributed by atoms with E-state index >= 15 is 0 Å². The number of carbonyl (C=O) groups is 1. The summed E-state index contributed by atoms with van der Waals surface area (Å²) in [5.74, 6) is 1.38. The summed E-state index contributed by atoms with van der Waals surface area (Å²) in [7, 11) is -1.43. The summed E-state index contributed by atoms with van der Waals surface area (Å²) in [5.41, 5.74) is 0. The first-order valence-corrected chi connectivity index (χ1v) is 8.83. The lowest BCUT2D eigenvalue weighted by molar-refractivity contribution is 0.233. The second-order valence-corrected chi connectivity index (χ2v) is 7.23. The van der Waals surface area contributed by atoms with Crippen LogP contribution in [-0.4, -0.2) is 52.3 Å². The molecule has 2 N–H and O–H groups in total. The molecule has 1 aliphatic rings. The van der Waals surface area contributed by atoms with Gasteiger partial charge in [0.1, 0.15) is 6.61 Å². The van der Waals surface area contributed by atoms with Crippen LogP contribution >= 0.6 is 0 Å². The van der Waals surface area contributed by atoms with Crippen LogP contribution in [0.15, 0.2) is 24.3 Å². The minimum Gasteiger partial charge on any atom is -0.493 e. The Morgan fingerprint density at radius 1 is 1.32 bits per heavy atom. The van der Waals surface area contributed by atoms with Gasteiger partial charge in [0.25, 0.3) is 0 Å². The highest BCUT2D eigenvalue weighted by Crippen LogP contribution is 2.25. The maximum absolute atomic E-state index is 11.6. The van der Waals surface area contributed by atoms with Crippen LogP contribution in [-0.2, 0) is 9.84 Å². The lowest BCUT2D eigenvalue weighted by atomic mass is 10.3. The van der Waals surface area contributed by atoms with Crippen molar-refractivity contribution in [3.8, 4) is 11.5 Å². The zero-order valence-electron chi connectivity index (χ0n) is 12.4. The molecule has 2 rings (SSSR count). The number of hydrogen-bond acceptors (Lipinski definition) is 5. The SMILES string of the molecule is COc1ccccc1OCCNC(=O)NC1CCS(=O)(=O)C1. The number of para-hydroxylation sites is 2. The zero-order chi connectivity index (χ0) is 16.0. The number of rotatable bonds is 6. The molecular formula is C14H20N2O5S. The molecule has 1 saturated heterocycles. The quantitative estimate of drug-likeness (QED) is 0.744. The second-order valence-electron chi connectivity index (χ2n) is 5.00. The van der Waals surface area contributed by atoms with Gasteiger partial charge in [0.15, 0.2) is 21.3 Å². The topological polar surface area (TPSA) is 93.7 Å². The third kappa shape index (κ3) is 4.80. The lowest BCUT2D eigenvalue weighted by Crippen LogP contribution is -2.43. The van der Waals surface area contributed by atoms with E-state index in [-0.39, 0.29) is 30.2 Å². The van der Waals surface area contributed by atoms with E-state index in [0.29, 0.717) is 24.5 Å². The number of urea groups is 1. The molecule has 2 amide bonds. The van der Waals surface area contributed by atoms with Crippen LogP contribution in [0.1, 0.15) is 6.42 Å². The lowest BCUT2D eigenvalue weighted by Gasteiger charge is -2.13. The van der Waals surface area contributed by atoms with Gasteiger partial charge in [0, 0.05) is 6.04 Å². The number of amides is 2. The van der Waals surface area contributed by atoms with Gasteiger partial charge in [-0.2, -0.15) is 0 Å². The fourth-order valence-corrected chi connectivity index (χ4v) is 3.88. The summed E-state index contributed by atoms with van der Waals surface area (Å²) in [6, 6.07) is 6.55. The zero-order valence-corrected chi connectivity index (χ0v) is 13.2. The first kappa shape index (κ1) is 16.4. The highest BCUT2D eigenvalue weighted by Gasteiger charge is 2.28. The van der Waals surface area contributed by atoms with Crippen LogP contribution in [0.3, 0.4) is 0 Å². The maximum Gasteiger partial charge on any atom is 0.315 e. The number of nitrogens with one attached hydrogen (secondary N) is 2. The summed E-state index contributed by atoms with van der Waals surface area (Å²) in [6.45, 7) is 0.597. The molecule has 8 heteroatoms. The summed E-state index contributed by atoms with van der Waals surface area (Å²) < 4.78 is 33.3. The molecule has 0 saturated carbocycles. The molecule has 122 valence electrons. The molecule has 1 aromatic rings. The van der Waals surface area contributed by atoms with Crippen LogP contribution in [0, 0.1) is 0 Å². The first-order chi connectivity index (χ1) is 10.5. The van der Waals surface area contributed by atoms with Crippen LogP contribution in [0.2, 0.25) is 0 Å². The number of ether oxygens (including phenoxy) is 2. The van der Waals surface area contributed by atoms with E-state index in [0.717, 1.165) is 0 Å². The molecule has 0 aliphatic carbocycles. The summed E-state index contributed by atoms with van der Waals surface area (Å²) >= 11 is 0. The van der Waals surface area contributed by atoms with Gasteiger partial charge in [0.2, 0.25) is 0 Å². The third-order valence-corrected chi connectivity index (χ3v) is 5.05. The fourth-order valence-electron chi connectivity index (χ4n) is 2.21. The Balaban J connectivity index is 1.67. The molecule has 7 nitrogen and oxygen atoms in total. The average Bonchev–Trinajstić information content (AvgIpc) is 2.83. The largest absolute Gasteiger partial charge is 0.493 e. The Morgan fingerprint density at radius 3 is 2.68 bits per heavy atom. The molecule has 1 aromatic carbocycles. The van der Waals surface area contributed by atoms with Gasteiger partial charge >= 0.3 is 6.03 Å². The van der Waals surface area contributed by atoms with Crippen LogP contribution in [0.4, 0.5) is 4.79 Å². The van der Waals surface area contributed by atoms with E-state index in [1.54, 1.807) is 19.2 Å². The first-order valence-electron chi connectivity index (χ1n) is 7.01. The normalized spacial score (nSPS) is 19.4. The molecule has 0 aromatic heterocycles. The average molecular weight is 328 g/mol. The Kier molecular flexibility index (Phi) is 5.48. The molecule has 1 unspecified atom stereocenters. The van der Waals surface area contributed by atoms with Crippen molar-refractivity contribution >= 4 is 15.9 Å². The predicted octanol–water partition coefficient (Wildman–Crippen LogP) is 0.560. The minimum absolute atomic E-state index is 0.0120. The predicted molar refractivity (Wildman–Crippen MR) is 82.1 cm³/mol. The maximum atomic E-state index is 11.6. The fraction of sp³-hybridized carbons (Fsp3) is 0.500. The summed E-state index contributed by atoms with van der Waals surface area (Å²) in [4.78, 5) is 11.6. The minimum atomic E-state index is -2.99. The van der Waals surface area contributed by atoms with Crippen molar-refractivity contribution in [2.45, 2.75) is 12.5 Å². The molecular weight excluding hydrogens is 308 g/mol. The molecule has 1 atom stereocenters. The summed E-state index contributed by atoms with van der Waals surface area (Å²) in [5, 5.41) is 5.28. The van der Waals surface area contributed by atoms with E-state index in [2.05, 4.69) is 10.6 Å². The van der Waals surface area contributed by atoms with Gasteiger partial charge in [-0.15, -0.1) is 0 Å². The number of sulfone groups is 1. The molecule has 22 heavy (non-hydrogen) atoms. The van der Waals surface area contributed by atoms with Crippen molar-refractivity contribution < 1.29 is 22.7 Å². The van der Waals surface area contributed by atoms with E-state index < -0.39 is 9.84 Å². The monoisotopic (exact) mass is 328 g/mol.